The summed E-state index contributed by atoms with van der Waals surface area (Å²) in [5, 5.41) is 7.15. The van der Waals surface area contributed by atoms with E-state index in [1.165, 1.54) is 35.2 Å². The quantitative estimate of drug-likeness (QED) is 0.795. The van der Waals surface area contributed by atoms with Gasteiger partial charge in [0, 0.05) is 0 Å². The lowest BCUT2D eigenvalue weighted by molar-refractivity contribution is 0.0947. The van der Waals surface area contributed by atoms with E-state index in [0.717, 1.165) is 0 Å². The molecule has 3 aromatic rings. The highest BCUT2D eigenvalue weighted by Crippen LogP contribution is 2.23. The highest BCUT2D eigenvalue weighted by atomic mass is 35.5. The van der Waals surface area contributed by atoms with E-state index in [1.54, 1.807) is 19.1 Å². The number of aryl methyl sites for hydroxylation is 1. The normalized spacial score (nSPS) is 10.7. The fourth-order valence-corrected chi connectivity index (χ4v) is 2.54. The Labute approximate surface area is 136 Å². The van der Waals surface area contributed by atoms with Gasteiger partial charge in [-0.3, -0.25) is 4.79 Å². The van der Waals surface area contributed by atoms with Crippen molar-refractivity contribution in [2.75, 3.05) is 0 Å². The number of nitrogens with one attached hydrogen (secondary N) is 1. The number of halogens is 2. The van der Waals surface area contributed by atoms with E-state index >= 15 is 0 Å². The van der Waals surface area contributed by atoms with E-state index in [2.05, 4.69) is 10.4 Å². The Balaban J connectivity index is 1.85. The van der Waals surface area contributed by atoms with Gasteiger partial charge in [-0.05, 0) is 43.3 Å². The van der Waals surface area contributed by atoms with Crippen LogP contribution in [0.25, 0.3) is 5.69 Å². The highest BCUT2D eigenvalue weighted by Gasteiger charge is 2.21. The number of amides is 1. The third-order valence-corrected chi connectivity index (χ3v) is 3.65. The molecule has 0 fully saturated rings. The molecule has 1 aromatic carbocycles. The van der Waals surface area contributed by atoms with Crippen molar-refractivity contribution < 1.29 is 13.6 Å². The summed E-state index contributed by atoms with van der Waals surface area (Å²) in [6.45, 7) is 1.94. The van der Waals surface area contributed by atoms with Crippen molar-refractivity contribution in [1.29, 1.82) is 0 Å². The zero-order chi connectivity index (χ0) is 16.4. The minimum Gasteiger partial charge on any atom is -0.467 e. The van der Waals surface area contributed by atoms with E-state index in [-0.39, 0.29) is 29.0 Å². The van der Waals surface area contributed by atoms with Gasteiger partial charge in [-0.15, -0.1) is 0 Å². The largest absolute Gasteiger partial charge is 0.467 e. The average molecular weight is 334 g/mol. The Kier molecular flexibility index (Phi) is 4.16. The summed E-state index contributed by atoms with van der Waals surface area (Å²) in [5.41, 5.74) is 1.34. The third-order valence-electron chi connectivity index (χ3n) is 3.31. The molecule has 0 spiro atoms. The number of benzene rings is 1. The first-order chi connectivity index (χ1) is 11.1. The van der Waals surface area contributed by atoms with Crippen LogP contribution < -0.4 is 5.32 Å². The lowest BCUT2D eigenvalue weighted by atomic mass is 10.2. The Hall–Kier alpha value is -2.60. The first-order valence-corrected chi connectivity index (χ1v) is 7.25. The number of carbonyl (C=O) groups excluding carboxylic acids is 1. The van der Waals surface area contributed by atoms with E-state index in [9.17, 15) is 9.18 Å². The van der Waals surface area contributed by atoms with Crippen molar-refractivity contribution in [3.05, 3.63) is 70.6 Å². The molecule has 1 N–H and O–H groups in total. The summed E-state index contributed by atoms with van der Waals surface area (Å²) in [6.07, 6.45) is 1.53. The van der Waals surface area contributed by atoms with E-state index in [4.69, 9.17) is 16.0 Å². The second-order valence-corrected chi connectivity index (χ2v) is 5.26. The van der Waals surface area contributed by atoms with Gasteiger partial charge in [0.1, 0.15) is 16.7 Å². The molecule has 2 heterocycles. The van der Waals surface area contributed by atoms with Gasteiger partial charge in [-0.2, -0.15) is 5.10 Å². The number of carbonyl (C=O) groups is 1. The van der Waals surface area contributed by atoms with E-state index < -0.39 is 0 Å². The second-order valence-electron chi connectivity index (χ2n) is 4.90. The van der Waals surface area contributed by atoms with Crippen LogP contribution >= 0.6 is 11.6 Å². The first kappa shape index (κ1) is 15.3. The number of nitrogens with zero attached hydrogens (tertiary/aromatic N) is 2. The number of rotatable bonds is 4. The van der Waals surface area contributed by atoms with Crippen LogP contribution in [-0.4, -0.2) is 15.7 Å². The second kappa shape index (κ2) is 6.26. The maximum atomic E-state index is 13.0. The van der Waals surface area contributed by atoms with Crippen LogP contribution in [0, 0.1) is 12.7 Å². The molecule has 2 aromatic heterocycles. The molecule has 0 bridgehead atoms. The molecular formula is C16H13ClFN3O2. The zero-order valence-electron chi connectivity index (χ0n) is 12.2. The summed E-state index contributed by atoms with van der Waals surface area (Å²) >= 11 is 6.28. The molecule has 0 aliphatic rings. The van der Waals surface area contributed by atoms with Crippen LogP contribution in [0.2, 0.25) is 5.15 Å². The van der Waals surface area contributed by atoms with E-state index in [1.807, 2.05) is 0 Å². The van der Waals surface area contributed by atoms with Crippen LogP contribution in [-0.2, 0) is 6.54 Å². The smallest absolute Gasteiger partial charge is 0.256 e. The molecule has 3 rings (SSSR count). The van der Waals surface area contributed by atoms with Crippen molar-refractivity contribution in [2.24, 2.45) is 0 Å². The minimum atomic E-state index is -0.356. The summed E-state index contributed by atoms with van der Waals surface area (Å²) in [6, 6.07) is 9.19. The van der Waals surface area contributed by atoms with Gasteiger partial charge in [0.2, 0.25) is 0 Å². The zero-order valence-corrected chi connectivity index (χ0v) is 13.0. The van der Waals surface area contributed by atoms with Crippen LogP contribution in [0.15, 0.2) is 47.1 Å². The summed E-state index contributed by atoms with van der Waals surface area (Å²) in [7, 11) is 0. The van der Waals surface area contributed by atoms with Crippen LogP contribution in [0.5, 0.6) is 0 Å². The molecule has 0 saturated carbocycles. The van der Waals surface area contributed by atoms with Crippen molar-refractivity contribution in [3.63, 3.8) is 0 Å². The monoisotopic (exact) mass is 333 g/mol. The first-order valence-electron chi connectivity index (χ1n) is 6.88. The third kappa shape index (κ3) is 3.12. The molecule has 118 valence electrons. The van der Waals surface area contributed by atoms with Gasteiger partial charge in [0.05, 0.1) is 29.8 Å². The minimum absolute atomic E-state index is 0.172. The summed E-state index contributed by atoms with van der Waals surface area (Å²) < 4.78 is 19.6. The van der Waals surface area contributed by atoms with Gasteiger partial charge >= 0.3 is 0 Å². The Morgan fingerprint density at radius 2 is 2.09 bits per heavy atom. The van der Waals surface area contributed by atoms with E-state index in [0.29, 0.717) is 17.1 Å². The summed E-state index contributed by atoms with van der Waals surface area (Å²) in [4.78, 5) is 12.3. The molecule has 0 aliphatic heterocycles. The highest BCUT2D eigenvalue weighted by molar-refractivity contribution is 6.33. The van der Waals surface area contributed by atoms with Crippen LogP contribution in [0.3, 0.4) is 0 Å². The lowest BCUT2D eigenvalue weighted by Gasteiger charge is -2.04. The molecule has 0 saturated heterocycles. The molecular weight excluding hydrogens is 321 g/mol. The van der Waals surface area contributed by atoms with Crippen molar-refractivity contribution in [3.8, 4) is 5.69 Å². The molecule has 0 radical (unpaired) electrons. The van der Waals surface area contributed by atoms with Gasteiger partial charge in [-0.1, -0.05) is 11.6 Å². The molecule has 7 heteroatoms. The number of aromatic nitrogens is 2. The molecule has 5 nitrogen and oxygen atoms in total. The number of hydrogen-bond acceptors (Lipinski definition) is 3. The Bertz CT molecular complexity index is 826. The predicted molar refractivity (Wildman–Crippen MR) is 83.1 cm³/mol. The van der Waals surface area contributed by atoms with Crippen molar-refractivity contribution in [1.82, 2.24) is 15.1 Å². The molecule has 0 aliphatic carbocycles. The van der Waals surface area contributed by atoms with Gasteiger partial charge in [0.25, 0.3) is 5.91 Å². The maximum absolute atomic E-state index is 13.0. The van der Waals surface area contributed by atoms with Crippen LogP contribution in [0.4, 0.5) is 4.39 Å². The van der Waals surface area contributed by atoms with Crippen LogP contribution in [0.1, 0.15) is 21.8 Å². The van der Waals surface area contributed by atoms with Gasteiger partial charge < -0.3 is 9.73 Å². The molecule has 1 amide bonds. The lowest BCUT2D eigenvalue weighted by Crippen LogP contribution is -2.23. The van der Waals surface area contributed by atoms with Crippen molar-refractivity contribution in [2.45, 2.75) is 13.5 Å². The predicted octanol–water partition coefficient (Wildman–Crippen LogP) is 3.50. The fraction of sp³-hybridized carbons (Fsp3) is 0.125. The molecule has 0 atom stereocenters. The number of furan rings is 1. The molecule has 0 unspecified atom stereocenters. The standard InChI is InChI=1S/C16H13ClFN3O2/c1-10-14(16(22)19-9-13-3-2-8-23-13)15(17)21(20-10)12-6-4-11(18)5-7-12/h2-8H,9H2,1H3,(H,19,22). The number of hydrogen-bond donors (Lipinski definition) is 1. The Morgan fingerprint density at radius 1 is 1.35 bits per heavy atom. The topological polar surface area (TPSA) is 60.1 Å². The SMILES string of the molecule is Cc1nn(-c2ccc(F)cc2)c(Cl)c1C(=O)NCc1ccco1. The summed E-state index contributed by atoms with van der Waals surface area (Å²) in [5.74, 6) is -0.0690. The fourth-order valence-electron chi connectivity index (χ4n) is 2.18. The molecule has 23 heavy (non-hydrogen) atoms. The Morgan fingerprint density at radius 3 is 2.74 bits per heavy atom. The van der Waals surface area contributed by atoms with Gasteiger partial charge in [0.15, 0.2) is 0 Å². The maximum Gasteiger partial charge on any atom is 0.256 e. The van der Waals surface area contributed by atoms with Crippen molar-refractivity contribution >= 4 is 17.5 Å². The average Bonchev–Trinajstić information content (AvgIpc) is 3.14. The van der Waals surface area contributed by atoms with Gasteiger partial charge in [-0.25, -0.2) is 9.07 Å².